The van der Waals surface area contributed by atoms with Crippen LogP contribution in [0.1, 0.15) is 31.7 Å². The van der Waals surface area contributed by atoms with Crippen LogP contribution in [0.3, 0.4) is 0 Å². The van der Waals surface area contributed by atoms with Crippen molar-refractivity contribution in [1.82, 2.24) is 5.32 Å². The van der Waals surface area contributed by atoms with Crippen molar-refractivity contribution in [2.45, 2.75) is 37.3 Å². The van der Waals surface area contributed by atoms with E-state index in [0.29, 0.717) is 11.8 Å². The Morgan fingerprint density at radius 2 is 1.95 bits per heavy atom. The monoisotopic (exact) mass is 257 g/mol. The van der Waals surface area contributed by atoms with Gasteiger partial charge >= 0.3 is 5.97 Å². The molecule has 1 aliphatic carbocycles. The molecule has 4 aliphatic rings. The summed E-state index contributed by atoms with van der Waals surface area (Å²) in [5.41, 5.74) is 0.174. The number of carbonyl (C=O) groups is 1. The van der Waals surface area contributed by atoms with Crippen LogP contribution in [0.25, 0.3) is 0 Å². The molecule has 3 nitrogen and oxygen atoms in total. The number of esters is 1. The Morgan fingerprint density at radius 1 is 1.21 bits per heavy atom. The minimum atomic E-state index is -0.597. The zero-order valence-electron chi connectivity index (χ0n) is 11.2. The van der Waals surface area contributed by atoms with E-state index in [2.05, 4.69) is 24.4 Å². The summed E-state index contributed by atoms with van der Waals surface area (Å²) in [5, 5.41) is 3.54. The van der Waals surface area contributed by atoms with Crippen molar-refractivity contribution < 1.29 is 9.53 Å². The van der Waals surface area contributed by atoms with Gasteiger partial charge in [0.1, 0.15) is 11.1 Å². The maximum absolute atomic E-state index is 12.6. The van der Waals surface area contributed by atoms with E-state index in [4.69, 9.17) is 4.74 Å². The van der Waals surface area contributed by atoms with Crippen molar-refractivity contribution in [2.75, 3.05) is 6.54 Å². The topological polar surface area (TPSA) is 38.3 Å². The van der Waals surface area contributed by atoms with Gasteiger partial charge in [0, 0.05) is 12.5 Å². The molecular weight excluding hydrogens is 238 g/mol. The minimum absolute atomic E-state index is 0.0735. The highest BCUT2D eigenvalue weighted by atomic mass is 16.6. The Morgan fingerprint density at radius 3 is 2.68 bits per heavy atom. The molecule has 3 heteroatoms. The van der Waals surface area contributed by atoms with Gasteiger partial charge in [-0.2, -0.15) is 0 Å². The number of benzene rings is 1. The normalized spacial score (nSPS) is 43.9. The Hall–Kier alpha value is -1.35. The lowest BCUT2D eigenvalue weighted by molar-refractivity contribution is -0.213. The maximum atomic E-state index is 12.6. The Labute approximate surface area is 113 Å². The lowest BCUT2D eigenvalue weighted by Gasteiger charge is -2.58. The third-order valence-electron chi connectivity index (χ3n) is 5.45. The standard InChI is InChI=1S/C16H19NO2/c1-15-10-17-16(14(18)19-15,11-6-3-2-4-7-11)13-9-5-8-12(13)15/h2-4,6-7,12-13,17H,5,8-10H2,1H3/t12-,13+,15-,16+/m0/s1. The van der Waals surface area contributed by atoms with Crippen molar-refractivity contribution in [1.29, 1.82) is 0 Å². The van der Waals surface area contributed by atoms with E-state index in [1.807, 2.05) is 18.2 Å². The number of hydrogen-bond donors (Lipinski definition) is 1. The second kappa shape index (κ2) is 3.60. The van der Waals surface area contributed by atoms with Gasteiger partial charge < -0.3 is 4.74 Å². The van der Waals surface area contributed by atoms with Crippen LogP contribution in [0, 0.1) is 11.8 Å². The molecule has 3 heterocycles. The smallest absolute Gasteiger partial charge is 0.331 e. The van der Waals surface area contributed by atoms with E-state index in [-0.39, 0.29) is 11.6 Å². The fourth-order valence-electron chi connectivity index (χ4n) is 4.55. The van der Waals surface area contributed by atoms with Gasteiger partial charge in [0.05, 0.1) is 0 Å². The van der Waals surface area contributed by atoms with E-state index in [0.717, 1.165) is 18.5 Å². The predicted octanol–water partition coefficient (Wildman–Crippen LogP) is 2.22. The molecule has 3 saturated heterocycles. The fraction of sp³-hybridized carbons (Fsp3) is 0.562. The zero-order chi connectivity index (χ0) is 13.1. The van der Waals surface area contributed by atoms with Crippen molar-refractivity contribution in [2.24, 2.45) is 11.8 Å². The maximum Gasteiger partial charge on any atom is 0.331 e. The summed E-state index contributed by atoms with van der Waals surface area (Å²) in [5.74, 6) is 0.817. The summed E-state index contributed by atoms with van der Waals surface area (Å²) < 4.78 is 5.84. The molecule has 2 bridgehead atoms. The summed E-state index contributed by atoms with van der Waals surface area (Å²) in [4.78, 5) is 12.6. The molecule has 5 rings (SSSR count). The largest absolute Gasteiger partial charge is 0.456 e. The van der Waals surface area contributed by atoms with Crippen LogP contribution >= 0.6 is 0 Å². The summed E-state index contributed by atoms with van der Waals surface area (Å²) in [6.45, 7) is 2.86. The summed E-state index contributed by atoms with van der Waals surface area (Å²) in [7, 11) is 0. The molecule has 1 aromatic rings. The van der Waals surface area contributed by atoms with Crippen molar-refractivity contribution in [3.63, 3.8) is 0 Å². The number of rotatable bonds is 1. The van der Waals surface area contributed by atoms with Crippen LogP contribution in [0.2, 0.25) is 0 Å². The molecule has 100 valence electrons. The van der Waals surface area contributed by atoms with Crippen molar-refractivity contribution >= 4 is 5.97 Å². The Bertz CT molecular complexity index is 529. The molecule has 0 radical (unpaired) electrons. The van der Waals surface area contributed by atoms with E-state index < -0.39 is 5.54 Å². The first-order valence-corrected chi connectivity index (χ1v) is 7.21. The molecular formula is C16H19NO2. The molecule has 4 fully saturated rings. The van der Waals surface area contributed by atoms with Crippen LogP contribution in [-0.2, 0) is 15.1 Å². The zero-order valence-corrected chi connectivity index (χ0v) is 11.2. The van der Waals surface area contributed by atoms with Gasteiger partial charge in [-0.25, -0.2) is 4.79 Å². The molecule has 1 saturated carbocycles. The molecule has 0 amide bonds. The molecule has 0 aromatic heterocycles. The molecule has 1 N–H and O–H groups in total. The quantitative estimate of drug-likeness (QED) is 0.784. The highest BCUT2D eigenvalue weighted by molar-refractivity contribution is 5.85. The predicted molar refractivity (Wildman–Crippen MR) is 71.5 cm³/mol. The number of fused-ring (bicyclic) bond motifs is 2. The van der Waals surface area contributed by atoms with Gasteiger partial charge in [-0.3, -0.25) is 5.32 Å². The van der Waals surface area contributed by atoms with Gasteiger partial charge in [0.2, 0.25) is 0 Å². The van der Waals surface area contributed by atoms with Crippen molar-refractivity contribution in [3.8, 4) is 0 Å². The number of hydrogen-bond acceptors (Lipinski definition) is 3. The number of nitrogens with one attached hydrogen (secondary N) is 1. The summed E-state index contributed by atoms with van der Waals surface area (Å²) in [6, 6.07) is 10.1. The van der Waals surface area contributed by atoms with Crippen molar-refractivity contribution in [3.05, 3.63) is 35.9 Å². The number of ether oxygens (including phenoxy) is 1. The lowest BCUT2D eigenvalue weighted by atomic mass is 9.62. The van der Waals surface area contributed by atoms with Crippen LogP contribution in [-0.4, -0.2) is 18.1 Å². The highest BCUT2D eigenvalue weighted by Gasteiger charge is 2.66. The van der Waals surface area contributed by atoms with E-state index in [1.165, 1.54) is 12.8 Å². The third-order valence-corrected chi connectivity index (χ3v) is 5.45. The van der Waals surface area contributed by atoms with E-state index in [1.54, 1.807) is 0 Å². The Balaban J connectivity index is 1.88. The first-order chi connectivity index (χ1) is 9.17. The highest BCUT2D eigenvalue weighted by Crippen LogP contribution is 2.56. The summed E-state index contributed by atoms with van der Waals surface area (Å²) in [6.07, 6.45) is 3.51. The molecule has 1 aromatic carbocycles. The molecule has 0 unspecified atom stereocenters. The number of piperidine rings is 1. The van der Waals surface area contributed by atoms with Gasteiger partial charge in [-0.15, -0.1) is 0 Å². The van der Waals surface area contributed by atoms with E-state index >= 15 is 0 Å². The van der Waals surface area contributed by atoms with Crippen LogP contribution in [0.4, 0.5) is 0 Å². The van der Waals surface area contributed by atoms with Gasteiger partial charge in [-0.1, -0.05) is 36.8 Å². The van der Waals surface area contributed by atoms with Gasteiger partial charge in [-0.05, 0) is 31.2 Å². The second-order valence-corrected chi connectivity index (χ2v) is 6.37. The van der Waals surface area contributed by atoms with Gasteiger partial charge in [0.25, 0.3) is 0 Å². The minimum Gasteiger partial charge on any atom is -0.456 e. The number of morpholine rings is 1. The SMILES string of the molecule is C[C@@]12CN[C@@](c3ccccc3)(C(=O)O1)[C@@H]1CCC[C@@H]12. The van der Waals surface area contributed by atoms with E-state index in [9.17, 15) is 4.79 Å². The first-order valence-electron chi connectivity index (χ1n) is 7.21. The summed E-state index contributed by atoms with van der Waals surface area (Å²) >= 11 is 0. The van der Waals surface area contributed by atoms with Crippen LogP contribution in [0.15, 0.2) is 30.3 Å². The number of carbonyl (C=O) groups excluding carboxylic acids is 1. The average molecular weight is 257 g/mol. The molecule has 4 atom stereocenters. The third kappa shape index (κ3) is 1.29. The van der Waals surface area contributed by atoms with Gasteiger partial charge in [0.15, 0.2) is 0 Å². The molecule has 19 heavy (non-hydrogen) atoms. The van der Waals surface area contributed by atoms with Crippen LogP contribution in [0.5, 0.6) is 0 Å². The Kier molecular flexibility index (Phi) is 2.17. The molecule has 0 spiro atoms. The first kappa shape index (κ1) is 11.5. The molecule has 3 aliphatic heterocycles. The second-order valence-electron chi connectivity index (χ2n) is 6.37. The fourth-order valence-corrected chi connectivity index (χ4v) is 4.55. The van der Waals surface area contributed by atoms with Crippen LogP contribution < -0.4 is 5.32 Å². The average Bonchev–Trinajstić information content (AvgIpc) is 2.92. The lowest BCUT2D eigenvalue weighted by Crippen LogP contribution is -2.74.